The molecule has 6 heteroatoms. The van der Waals surface area contributed by atoms with Gasteiger partial charge in [-0.15, -0.1) is 0 Å². The molecule has 0 aliphatic carbocycles. The predicted molar refractivity (Wildman–Crippen MR) is 93.6 cm³/mol. The number of halogens is 2. The maximum absolute atomic E-state index is 13.3. The van der Waals surface area contributed by atoms with Gasteiger partial charge in [0.15, 0.2) is 0 Å². The van der Waals surface area contributed by atoms with Gasteiger partial charge in [0.05, 0.1) is 0 Å². The summed E-state index contributed by atoms with van der Waals surface area (Å²) < 4.78 is 18.7. The largest absolute Gasteiger partial charge is 0.444 e. The third-order valence-corrected chi connectivity index (χ3v) is 4.17. The van der Waals surface area contributed by atoms with E-state index in [0.717, 1.165) is 24.9 Å². The minimum absolute atomic E-state index is 0.233. The van der Waals surface area contributed by atoms with Gasteiger partial charge in [0.2, 0.25) is 0 Å². The van der Waals surface area contributed by atoms with Crippen molar-refractivity contribution in [2.75, 3.05) is 19.6 Å². The molecule has 1 amide bonds. The molecule has 1 saturated heterocycles. The van der Waals surface area contributed by atoms with Gasteiger partial charge in [-0.3, -0.25) is 0 Å². The molecular formula is C18H26ClFN2O2. The Bertz CT molecular complexity index is 546. The van der Waals surface area contributed by atoms with E-state index in [4.69, 9.17) is 16.3 Å². The summed E-state index contributed by atoms with van der Waals surface area (Å²) in [5.74, 6) is 0.192. The van der Waals surface area contributed by atoms with Crippen molar-refractivity contribution < 1.29 is 13.9 Å². The van der Waals surface area contributed by atoms with Crippen molar-refractivity contribution in [3.8, 4) is 0 Å². The Labute approximate surface area is 148 Å². The Morgan fingerprint density at radius 3 is 2.58 bits per heavy atom. The van der Waals surface area contributed by atoms with E-state index in [1.165, 1.54) is 12.1 Å². The van der Waals surface area contributed by atoms with Crippen LogP contribution in [0.4, 0.5) is 9.18 Å². The highest BCUT2D eigenvalue weighted by Gasteiger charge is 2.26. The maximum atomic E-state index is 13.3. The summed E-state index contributed by atoms with van der Waals surface area (Å²) in [4.78, 5) is 13.8. The minimum atomic E-state index is -0.457. The van der Waals surface area contributed by atoms with E-state index in [2.05, 4.69) is 5.32 Å². The second-order valence-corrected chi connectivity index (χ2v) is 7.76. The molecule has 1 N–H and O–H groups in total. The third-order valence-electron chi connectivity index (χ3n) is 3.95. The summed E-state index contributed by atoms with van der Waals surface area (Å²) >= 11 is 5.85. The summed E-state index contributed by atoms with van der Waals surface area (Å²) in [5, 5.41) is 3.76. The number of nitrogens with one attached hydrogen (secondary N) is 1. The Balaban J connectivity index is 1.70. The molecule has 1 aromatic rings. The minimum Gasteiger partial charge on any atom is -0.444 e. The normalized spacial score (nSPS) is 16.3. The lowest BCUT2D eigenvalue weighted by molar-refractivity contribution is 0.0184. The Morgan fingerprint density at radius 1 is 1.33 bits per heavy atom. The van der Waals surface area contributed by atoms with Crippen LogP contribution in [0.15, 0.2) is 18.2 Å². The summed E-state index contributed by atoms with van der Waals surface area (Å²) in [6.07, 6.45) is 1.65. The van der Waals surface area contributed by atoms with E-state index in [9.17, 15) is 9.18 Å². The Morgan fingerprint density at radius 2 is 2.00 bits per heavy atom. The van der Waals surface area contributed by atoms with Crippen LogP contribution in [0.1, 0.15) is 39.2 Å². The number of hydrogen-bond donors (Lipinski definition) is 1. The molecule has 24 heavy (non-hydrogen) atoms. The van der Waals surface area contributed by atoms with Gasteiger partial charge in [-0.05, 0) is 69.8 Å². The van der Waals surface area contributed by atoms with Crippen LogP contribution in [0, 0.1) is 11.7 Å². The van der Waals surface area contributed by atoms with E-state index in [0.29, 0.717) is 30.6 Å². The van der Waals surface area contributed by atoms with Crippen molar-refractivity contribution in [2.45, 2.75) is 45.8 Å². The first kappa shape index (κ1) is 19.0. The number of rotatable bonds is 4. The molecule has 0 aromatic heterocycles. The monoisotopic (exact) mass is 356 g/mol. The number of carbonyl (C=O) groups excluding carboxylic acids is 1. The van der Waals surface area contributed by atoms with Gasteiger partial charge < -0.3 is 15.0 Å². The van der Waals surface area contributed by atoms with Gasteiger partial charge in [0, 0.05) is 24.7 Å². The average Bonchev–Trinajstić information content (AvgIpc) is 2.45. The van der Waals surface area contributed by atoms with Crippen molar-refractivity contribution in [3.63, 3.8) is 0 Å². The van der Waals surface area contributed by atoms with Gasteiger partial charge in [-0.25, -0.2) is 9.18 Å². The molecule has 1 aliphatic heterocycles. The third kappa shape index (κ3) is 6.29. The molecule has 1 aromatic carbocycles. The van der Waals surface area contributed by atoms with Crippen LogP contribution in [0.3, 0.4) is 0 Å². The summed E-state index contributed by atoms with van der Waals surface area (Å²) in [6, 6.07) is 4.56. The molecule has 0 saturated carbocycles. The van der Waals surface area contributed by atoms with Gasteiger partial charge in [0.25, 0.3) is 0 Å². The van der Waals surface area contributed by atoms with Crippen molar-refractivity contribution in [1.82, 2.24) is 10.2 Å². The molecule has 0 bridgehead atoms. The number of piperidine rings is 1. The first-order chi connectivity index (χ1) is 11.2. The highest BCUT2D eigenvalue weighted by Crippen LogP contribution is 2.19. The molecule has 0 atom stereocenters. The van der Waals surface area contributed by atoms with Crippen molar-refractivity contribution in [3.05, 3.63) is 34.6 Å². The van der Waals surface area contributed by atoms with Crippen LogP contribution in [0.2, 0.25) is 5.02 Å². The standard InChI is InChI=1S/C18H26ClFN2O2/c1-18(2,3)24-17(23)22-6-4-13(5-7-22)11-21-12-14-8-15(19)10-16(20)9-14/h8-10,13,21H,4-7,11-12H2,1-3H3. The van der Waals surface area contributed by atoms with E-state index in [1.807, 2.05) is 20.8 Å². The van der Waals surface area contributed by atoms with E-state index in [-0.39, 0.29) is 11.9 Å². The quantitative estimate of drug-likeness (QED) is 0.878. The lowest BCUT2D eigenvalue weighted by Gasteiger charge is -2.33. The molecule has 1 heterocycles. The van der Waals surface area contributed by atoms with Crippen LogP contribution in [0.5, 0.6) is 0 Å². The maximum Gasteiger partial charge on any atom is 0.410 e. The number of hydrogen-bond acceptors (Lipinski definition) is 3. The van der Waals surface area contributed by atoms with Crippen LogP contribution in [-0.2, 0) is 11.3 Å². The van der Waals surface area contributed by atoms with E-state index in [1.54, 1.807) is 11.0 Å². The highest BCUT2D eigenvalue weighted by molar-refractivity contribution is 6.30. The number of likely N-dealkylation sites (tertiary alicyclic amines) is 1. The van der Waals surface area contributed by atoms with Crippen LogP contribution >= 0.6 is 11.6 Å². The molecule has 0 unspecified atom stereocenters. The molecule has 134 valence electrons. The summed E-state index contributed by atoms with van der Waals surface area (Å²) in [7, 11) is 0. The molecule has 1 fully saturated rings. The van der Waals surface area contributed by atoms with Crippen LogP contribution in [0.25, 0.3) is 0 Å². The molecule has 1 aliphatic rings. The lowest BCUT2D eigenvalue weighted by Crippen LogP contribution is -2.43. The number of amides is 1. The first-order valence-corrected chi connectivity index (χ1v) is 8.74. The average molecular weight is 357 g/mol. The van der Waals surface area contributed by atoms with Gasteiger partial charge >= 0.3 is 6.09 Å². The molecule has 4 nitrogen and oxygen atoms in total. The van der Waals surface area contributed by atoms with Crippen molar-refractivity contribution in [2.24, 2.45) is 5.92 Å². The Hall–Kier alpha value is -1.33. The molecular weight excluding hydrogens is 331 g/mol. The second-order valence-electron chi connectivity index (χ2n) is 7.32. The van der Waals surface area contributed by atoms with E-state index < -0.39 is 5.60 Å². The molecule has 2 rings (SSSR count). The van der Waals surface area contributed by atoms with Crippen molar-refractivity contribution >= 4 is 17.7 Å². The first-order valence-electron chi connectivity index (χ1n) is 8.36. The Kier molecular flexibility index (Phi) is 6.47. The number of benzene rings is 1. The topological polar surface area (TPSA) is 41.6 Å². The fraction of sp³-hybridized carbons (Fsp3) is 0.611. The van der Waals surface area contributed by atoms with Gasteiger partial charge in [0.1, 0.15) is 11.4 Å². The predicted octanol–water partition coefficient (Wildman–Crippen LogP) is 4.22. The van der Waals surface area contributed by atoms with Crippen LogP contribution < -0.4 is 5.32 Å². The zero-order valence-electron chi connectivity index (χ0n) is 14.6. The molecule has 0 radical (unpaired) electrons. The summed E-state index contributed by atoms with van der Waals surface area (Å²) in [6.45, 7) is 8.49. The van der Waals surface area contributed by atoms with Crippen molar-refractivity contribution in [1.29, 1.82) is 0 Å². The second kappa shape index (κ2) is 8.17. The van der Waals surface area contributed by atoms with Gasteiger partial charge in [-0.1, -0.05) is 11.6 Å². The zero-order chi connectivity index (χ0) is 17.7. The lowest BCUT2D eigenvalue weighted by atomic mass is 9.97. The number of carbonyl (C=O) groups is 1. The summed E-state index contributed by atoms with van der Waals surface area (Å²) in [5.41, 5.74) is 0.382. The fourth-order valence-corrected chi connectivity index (χ4v) is 3.02. The number of nitrogens with zero attached hydrogens (tertiary/aromatic N) is 1. The van der Waals surface area contributed by atoms with Gasteiger partial charge in [-0.2, -0.15) is 0 Å². The smallest absolute Gasteiger partial charge is 0.410 e. The fourth-order valence-electron chi connectivity index (χ4n) is 2.78. The van der Waals surface area contributed by atoms with E-state index >= 15 is 0 Å². The SMILES string of the molecule is CC(C)(C)OC(=O)N1CCC(CNCc2cc(F)cc(Cl)c2)CC1. The highest BCUT2D eigenvalue weighted by atomic mass is 35.5. The zero-order valence-corrected chi connectivity index (χ0v) is 15.3. The van der Waals surface area contributed by atoms with Crippen LogP contribution in [-0.4, -0.2) is 36.2 Å². The molecule has 0 spiro atoms. The number of ether oxygens (including phenoxy) is 1.